The van der Waals surface area contributed by atoms with Crippen LogP contribution in [0.3, 0.4) is 0 Å². The highest BCUT2D eigenvalue weighted by Crippen LogP contribution is 2.15. The van der Waals surface area contributed by atoms with E-state index in [2.05, 4.69) is 29.0 Å². The van der Waals surface area contributed by atoms with Crippen LogP contribution >= 0.6 is 11.3 Å². The molecule has 1 rings (SSSR count). The van der Waals surface area contributed by atoms with Gasteiger partial charge in [-0.3, -0.25) is 4.79 Å². The highest BCUT2D eigenvalue weighted by molar-refractivity contribution is 7.13. The van der Waals surface area contributed by atoms with Crippen LogP contribution in [0, 0.1) is 0 Å². The Bertz CT molecular complexity index is 378. The first-order chi connectivity index (χ1) is 9.15. The highest BCUT2D eigenvalue weighted by Gasteiger charge is 2.05. The molecule has 0 saturated carbocycles. The third kappa shape index (κ3) is 6.54. The van der Waals surface area contributed by atoms with Crippen molar-refractivity contribution in [3.05, 3.63) is 11.1 Å². The molecule has 0 fully saturated rings. The first-order valence-electron chi connectivity index (χ1n) is 6.78. The van der Waals surface area contributed by atoms with E-state index in [1.165, 1.54) is 17.8 Å². The molecule has 0 spiro atoms. The predicted octanol–water partition coefficient (Wildman–Crippen LogP) is 2.30. The van der Waals surface area contributed by atoms with Crippen molar-refractivity contribution in [1.82, 2.24) is 9.88 Å². The number of nitrogens with zero attached hydrogens (tertiary/aromatic N) is 2. The minimum absolute atomic E-state index is 0.000139. The molecule has 19 heavy (non-hydrogen) atoms. The van der Waals surface area contributed by atoms with Crippen LogP contribution in [0.5, 0.6) is 0 Å². The third-order valence-electron chi connectivity index (χ3n) is 2.96. The lowest BCUT2D eigenvalue weighted by molar-refractivity contribution is -0.136. The van der Waals surface area contributed by atoms with Crippen LogP contribution in [0.1, 0.15) is 32.4 Å². The van der Waals surface area contributed by atoms with Crippen LogP contribution in [0.2, 0.25) is 0 Å². The number of nitrogens with one attached hydrogen (secondary N) is 1. The molecule has 0 aliphatic heterocycles. The fourth-order valence-corrected chi connectivity index (χ4v) is 2.56. The third-order valence-corrected chi connectivity index (χ3v) is 3.80. The van der Waals surface area contributed by atoms with Gasteiger partial charge in [-0.25, -0.2) is 4.98 Å². The molecule has 0 unspecified atom stereocenters. The number of rotatable bonds is 10. The van der Waals surface area contributed by atoms with E-state index in [9.17, 15) is 4.79 Å². The molecule has 0 radical (unpaired) electrons. The van der Waals surface area contributed by atoms with E-state index >= 15 is 0 Å². The van der Waals surface area contributed by atoms with Gasteiger partial charge in [0.2, 0.25) is 0 Å². The van der Waals surface area contributed by atoms with Gasteiger partial charge in [-0.15, -0.1) is 11.3 Å². The van der Waals surface area contributed by atoms with Gasteiger partial charge < -0.3 is 15.3 Å². The first-order valence-corrected chi connectivity index (χ1v) is 7.66. The van der Waals surface area contributed by atoms with E-state index in [4.69, 9.17) is 5.11 Å². The van der Waals surface area contributed by atoms with Gasteiger partial charge in [0, 0.05) is 11.9 Å². The normalized spacial score (nSPS) is 10.9. The number of anilines is 1. The Kier molecular flexibility index (Phi) is 7.43. The van der Waals surface area contributed by atoms with E-state index in [0.29, 0.717) is 5.69 Å². The van der Waals surface area contributed by atoms with Crippen LogP contribution < -0.4 is 5.32 Å². The highest BCUT2D eigenvalue weighted by atomic mass is 32.1. The molecule has 6 heteroatoms. The first kappa shape index (κ1) is 15.9. The number of hydrogen-bond donors (Lipinski definition) is 2. The molecule has 0 saturated heterocycles. The summed E-state index contributed by atoms with van der Waals surface area (Å²) in [6, 6.07) is 0. The van der Waals surface area contributed by atoms with Crippen molar-refractivity contribution in [2.24, 2.45) is 0 Å². The maximum absolute atomic E-state index is 10.5. The van der Waals surface area contributed by atoms with E-state index in [1.807, 2.05) is 0 Å². The van der Waals surface area contributed by atoms with Gasteiger partial charge >= 0.3 is 5.97 Å². The zero-order valence-electron chi connectivity index (χ0n) is 11.7. The summed E-state index contributed by atoms with van der Waals surface area (Å²) in [7, 11) is 0. The molecule has 0 atom stereocenters. The SMILES string of the molecule is CCN(CC)CCCCNc1nc(CC(=O)O)cs1. The number of hydrogen-bond acceptors (Lipinski definition) is 5. The molecule has 1 aromatic rings. The zero-order valence-corrected chi connectivity index (χ0v) is 12.5. The zero-order chi connectivity index (χ0) is 14.1. The van der Waals surface area contributed by atoms with Crippen molar-refractivity contribution in [2.75, 3.05) is 31.5 Å². The fraction of sp³-hybridized carbons (Fsp3) is 0.692. The van der Waals surface area contributed by atoms with E-state index in [1.54, 1.807) is 5.38 Å². The molecule has 0 amide bonds. The Labute approximate surface area is 118 Å². The molecule has 0 aliphatic rings. The van der Waals surface area contributed by atoms with Gasteiger partial charge in [-0.1, -0.05) is 13.8 Å². The summed E-state index contributed by atoms with van der Waals surface area (Å²) >= 11 is 1.47. The van der Waals surface area contributed by atoms with E-state index < -0.39 is 5.97 Å². The topological polar surface area (TPSA) is 65.5 Å². The van der Waals surface area contributed by atoms with Gasteiger partial charge in [-0.2, -0.15) is 0 Å². The number of aromatic nitrogens is 1. The molecule has 0 aliphatic carbocycles. The van der Waals surface area contributed by atoms with Crippen molar-refractivity contribution in [3.63, 3.8) is 0 Å². The van der Waals surface area contributed by atoms with Crippen LogP contribution in [-0.2, 0) is 11.2 Å². The van der Waals surface area contributed by atoms with Gasteiger partial charge in [0.05, 0.1) is 12.1 Å². The Morgan fingerprint density at radius 3 is 2.79 bits per heavy atom. The van der Waals surface area contributed by atoms with Gasteiger partial charge in [0.1, 0.15) is 0 Å². The standard InChI is InChI=1S/C13H23N3O2S/c1-3-16(4-2)8-6-5-7-14-13-15-11(10-19-13)9-12(17)18/h10H,3-9H2,1-2H3,(H,14,15)(H,17,18). The number of carbonyl (C=O) groups is 1. The Morgan fingerprint density at radius 1 is 1.42 bits per heavy atom. The number of thiazole rings is 1. The maximum Gasteiger partial charge on any atom is 0.309 e. The van der Waals surface area contributed by atoms with Crippen molar-refractivity contribution in [2.45, 2.75) is 33.1 Å². The Balaban J connectivity index is 2.15. The summed E-state index contributed by atoms with van der Waals surface area (Å²) in [5.41, 5.74) is 0.628. The number of carboxylic acids is 1. The number of unbranched alkanes of at least 4 members (excludes halogenated alkanes) is 1. The second kappa shape index (κ2) is 8.87. The van der Waals surface area contributed by atoms with Crippen molar-refractivity contribution < 1.29 is 9.90 Å². The van der Waals surface area contributed by atoms with Crippen LogP contribution in [0.4, 0.5) is 5.13 Å². The summed E-state index contributed by atoms with van der Waals surface area (Å²) in [6.07, 6.45) is 2.27. The molecule has 0 bridgehead atoms. The van der Waals surface area contributed by atoms with Gasteiger partial charge in [0.25, 0.3) is 0 Å². The van der Waals surface area contributed by atoms with Crippen LogP contribution in [-0.4, -0.2) is 47.1 Å². The molecule has 5 nitrogen and oxygen atoms in total. The number of aliphatic carboxylic acids is 1. The van der Waals surface area contributed by atoms with Crippen molar-refractivity contribution >= 4 is 22.4 Å². The minimum atomic E-state index is -0.837. The van der Waals surface area contributed by atoms with E-state index in [-0.39, 0.29) is 6.42 Å². The lowest BCUT2D eigenvalue weighted by Crippen LogP contribution is -2.24. The lowest BCUT2D eigenvalue weighted by atomic mass is 10.3. The summed E-state index contributed by atoms with van der Waals surface area (Å²) in [5, 5.41) is 14.5. The maximum atomic E-state index is 10.5. The Morgan fingerprint density at radius 2 is 2.16 bits per heavy atom. The predicted molar refractivity (Wildman–Crippen MR) is 79.0 cm³/mol. The Hall–Kier alpha value is -1.14. The molecular formula is C13H23N3O2S. The second-order valence-electron chi connectivity index (χ2n) is 4.38. The second-order valence-corrected chi connectivity index (χ2v) is 5.23. The molecule has 0 aromatic carbocycles. The summed E-state index contributed by atoms with van der Waals surface area (Å²) in [4.78, 5) is 17.2. The minimum Gasteiger partial charge on any atom is -0.481 e. The average molecular weight is 285 g/mol. The summed E-state index contributed by atoms with van der Waals surface area (Å²) < 4.78 is 0. The van der Waals surface area contributed by atoms with Crippen molar-refractivity contribution in [3.8, 4) is 0 Å². The molecule has 1 heterocycles. The van der Waals surface area contributed by atoms with Gasteiger partial charge in [0.15, 0.2) is 5.13 Å². The molecular weight excluding hydrogens is 262 g/mol. The molecule has 108 valence electrons. The number of carboxylic acid groups (broad SMARTS) is 1. The smallest absolute Gasteiger partial charge is 0.309 e. The lowest BCUT2D eigenvalue weighted by Gasteiger charge is -2.17. The van der Waals surface area contributed by atoms with E-state index in [0.717, 1.165) is 37.7 Å². The monoisotopic (exact) mass is 285 g/mol. The largest absolute Gasteiger partial charge is 0.481 e. The summed E-state index contributed by atoms with van der Waals surface area (Å²) in [6.45, 7) is 8.60. The van der Waals surface area contributed by atoms with Crippen LogP contribution in [0.25, 0.3) is 0 Å². The molecule has 1 aromatic heterocycles. The van der Waals surface area contributed by atoms with Gasteiger partial charge in [-0.05, 0) is 32.5 Å². The fourth-order valence-electron chi connectivity index (χ4n) is 1.82. The quantitative estimate of drug-likeness (QED) is 0.646. The molecule has 2 N–H and O–H groups in total. The summed E-state index contributed by atoms with van der Waals surface area (Å²) in [5.74, 6) is -0.837. The average Bonchev–Trinajstić information content (AvgIpc) is 2.80. The van der Waals surface area contributed by atoms with Crippen molar-refractivity contribution in [1.29, 1.82) is 0 Å². The van der Waals surface area contributed by atoms with Crippen LogP contribution in [0.15, 0.2) is 5.38 Å².